The lowest BCUT2D eigenvalue weighted by atomic mass is 9.96. The van der Waals surface area contributed by atoms with Crippen LogP contribution in [0.4, 0.5) is 13.2 Å². The molecule has 0 heterocycles. The van der Waals surface area contributed by atoms with E-state index in [1.54, 1.807) is 12.1 Å². The number of hydrogen-bond donors (Lipinski definition) is 5. The second kappa shape index (κ2) is 17.0. The number of hydrogen-bond acceptors (Lipinski definition) is 8. The molecule has 0 bridgehead atoms. The van der Waals surface area contributed by atoms with Gasteiger partial charge in [-0.05, 0) is 59.5 Å². The van der Waals surface area contributed by atoms with Crippen molar-refractivity contribution < 1.29 is 52.0 Å². The zero-order valence-corrected chi connectivity index (χ0v) is 26.7. The summed E-state index contributed by atoms with van der Waals surface area (Å²) in [5, 5.41) is 35.6. The van der Waals surface area contributed by atoms with E-state index in [2.05, 4.69) is 16.0 Å². The average molecular weight is 685 g/mol. The summed E-state index contributed by atoms with van der Waals surface area (Å²) < 4.78 is 50.7. The van der Waals surface area contributed by atoms with E-state index in [9.17, 15) is 42.7 Å². The maximum atomic E-state index is 13.9. The van der Waals surface area contributed by atoms with Crippen molar-refractivity contribution in [3.63, 3.8) is 0 Å². The molecule has 0 radical (unpaired) electrons. The molecule has 0 saturated heterocycles. The Hall–Kier alpha value is -5.62. The standard InChI is InChI=1S/C34H35F3N4O8/c1-19(2)28(30(44)34(35,36)37)40-33(47)29(22-10-12-24(48-3)13-11-22)41-32(46)26(15-20-6-4-7-21(14-20)17-38)39-31(45)23-8-5-9-25(16-23)49-18-27(42)43/h4-14,16,19,26,28-30,44H,15,18H2,1-3H3,(H,39,45)(H,40,47)(H,41,46)(H,42,43)/t26-,28-,29-,30-/m0/s1. The monoisotopic (exact) mass is 684 g/mol. The van der Waals surface area contributed by atoms with E-state index in [-0.39, 0.29) is 28.9 Å². The van der Waals surface area contributed by atoms with Crippen LogP contribution in [0.1, 0.15) is 46.9 Å². The van der Waals surface area contributed by atoms with Crippen molar-refractivity contribution in [3.8, 4) is 17.6 Å². The molecule has 0 spiro atoms. The summed E-state index contributed by atoms with van der Waals surface area (Å²) in [6, 6.07) is 14.7. The number of alkyl halides is 3. The Labute approximate surface area is 279 Å². The Morgan fingerprint density at radius 3 is 2.16 bits per heavy atom. The average Bonchev–Trinajstić information content (AvgIpc) is 3.07. The maximum absolute atomic E-state index is 13.9. The van der Waals surface area contributed by atoms with Crippen molar-refractivity contribution >= 4 is 23.7 Å². The van der Waals surface area contributed by atoms with Crippen molar-refractivity contribution in [2.45, 2.75) is 50.7 Å². The summed E-state index contributed by atoms with van der Waals surface area (Å²) in [6.45, 7) is 2.09. The number of halogens is 3. The highest BCUT2D eigenvalue weighted by Crippen LogP contribution is 2.27. The summed E-state index contributed by atoms with van der Waals surface area (Å²) in [7, 11) is 1.40. The van der Waals surface area contributed by atoms with E-state index >= 15 is 0 Å². The number of nitriles is 1. The number of nitrogens with one attached hydrogen (secondary N) is 3. The van der Waals surface area contributed by atoms with Gasteiger partial charge in [-0.15, -0.1) is 0 Å². The van der Waals surface area contributed by atoms with E-state index in [0.717, 1.165) is 0 Å². The normalized spacial score (nSPS) is 13.6. The Morgan fingerprint density at radius 2 is 1.57 bits per heavy atom. The lowest BCUT2D eigenvalue weighted by Crippen LogP contribution is -2.56. The maximum Gasteiger partial charge on any atom is 0.416 e. The van der Waals surface area contributed by atoms with Crippen LogP contribution in [-0.2, 0) is 20.8 Å². The van der Waals surface area contributed by atoms with Crippen molar-refractivity contribution in [3.05, 3.63) is 95.1 Å². The highest BCUT2D eigenvalue weighted by molar-refractivity contribution is 5.99. The van der Waals surface area contributed by atoms with Gasteiger partial charge in [-0.1, -0.05) is 44.2 Å². The Bertz CT molecular complexity index is 1670. The predicted molar refractivity (Wildman–Crippen MR) is 168 cm³/mol. The van der Waals surface area contributed by atoms with Gasteiger partial charge in [-0.3, -0.25) is 14.4 Å². The minimum atomic E-state index is -5.05. The number of carboxylic acid groups (broad SMARTS) is 1. The van der Waals surface area contributed by atoms with Gasteiger partial charge in [0.15, 0.2) is 12.7 Å². The third kappa shape index (κ3) is 11.0. The molecule has 260 valence electrons. The Morgan fingerprint density at radius 1 is 0.898 bits per heavy atom. The van der Waals surface area contributed by atoms with Crippen LogP contribution >= 0.6 is 0 Å². The highest BCUT2D eigenvalue weighted by atomic mass is 19.4. The largest absolute Gasteiger partial charge is 0.497 e. The summed E-state index contributed by atoms with van der Waals surface area (Å²) in [5.74, 6) is -4.43. The van der Waals surface area contributed by atoms with E-state index in [0.29, 0.717) is 11.3 Å². The number of carboxylic acids is 1. The van der Waals surface area contributed by atoms with Gasteiger partial charge in [-0.25, -0.2) is 4.79 Å². The van der Waals surface area contributed by atoms with Crippen LogP contribution in [0.15, 0.2) is 72.8 Å². The Kier molecular flexibility index (Phi) is 13.1. The predicted octanol–water partition coefficient (Wildman–Crippen LogP) is 3.29. The van der Waals surface area contributed by atoms with Crippen LogP contribution in [-0.4, -0.2) is 72.0 Å². The first-order valence-electron chi connectivity index (χ1n) is 14.9. The Balaban J connectivity index is 1.98. The zero-order chi connectivity index (χ0) is 36.3. The number of rotatable bonds is 15. The molecule has 4 atom stereocenters. The molecular formula is C34H35F3N4O8. The molecule has 0 aromatic heterocycles. The van der Waals surface area contributed by atoms with E-state index in [4.69, 9.17) is 14.6 Å². The molecular weight excluding hydrogens is 649 g/mol. The summed E-state index contributed by atoms with van der Waals surface area (Å²) in [4.78, 5) is 51.8. The second-order valence-corrected chi connectivity index (χ2v) is 11.2. The fourth-order valence-corrected chi connectivity index (χ4v) is 4.73. The molecule has 3 aromatic carbocycles. The number of benzene rings is 3. The van der Waals surface area contributed by atoms with Gasteiger partial charge in [0, 0.05) is 12.0 Å². The summed E-state index contributed by atoms with van der Waals surface area (Å²) in [6.07, 6.45) is -8.14. The SMILES string of the molecule is COc1ccc([C@H](NC(=O)[C@H](Cc2cccc(C#N)c2)NC(=O)c2cccc(OCC(=O)O)c2)C(=O)N[C@@H](C(C)C)[C@H](O)C(F)(F)F)cc1. The van der Waals surface area contributed by atoms with E-state index in [1.165, 1.54) is 81.6 Å². The van der Waals surface area contributed by atoms with Crippen molar-refractivity contribution in [2.75, 3.05) is 13.7 Å². The van der Waals surface area contributed by atoms with Gasteiger partial charge < -0.3 is 35.6 Å². The lowest BCUT2D eigenvalue weighted by molar-refractivity contribution is -0.215. The smallest absolute Gasteiger partial charge is 0.416 e. The number of ether oxygens (including phenoxy) is 2. The first kappa shape index (κ1) is 37.8. The van der Waals surface area contributed by atoms with Gasteiger partial charge in [-0.2, -0.15) is 18.4 Å². The van der Waals surface area contributed by atoms with Crippen LogP contribution in [0.2, 0.25) is 0 Å². The highest BCUT2D eigenvalue weighted by Gasteiger charge is 2.46. The van der Waals surface area contributed by atoms with Crippen LogP contribution in [0.25, 0.3) is 0 Å². The molecule has 0 fully saturated rings. The minimum Gasteiger partial charge on any atom is -0.497 e. The molecule has 12 nitrogen and oxygen atoms in total. The van der Waals surface area contributed by atoms with Crippen LogP contribution in [0.3, 0.4) is 0 Å². The zero-order valence-electron chi connectivity index (χ0n) is 26.7. The molecule has 0 aliphatic rings. The fraction of sp³-hybridized carbons (Fsp3) is 0.324. The summed E-state index contributed by atoms with van der Waals surface area (Å²) in [5.41, 5.74) is 0.869. The van der Waals surface area contributed by atoms with E-state index in [1.807, 2.05) is 6.07 Å². The van der Waals surface area contributed by atoms with Gasteiger partial charge >= 0.3 is 12.1 Å². The number of nitrogens with zero attached hydrogens (tertiary/aromatic N) is 1. The number of amides is 3. The lowest BCUT2D eigenvalue weighted by Gasteiger charge is -2.31. The van der Waals surface area contributed by atoms with Crippen molar-refractivity contribution in [2.24, 2.45) is 5.92 Å². The van der Waals surface area contributed by atoms with Crippen LogP contribution in [0, 0.1) is 17.2 Å². The molecule has 3 aromatic rings. The number of aliphatic hydroxyl groups is 1. The number of carbonyl (C=O) groups excluding carboxylic acids is 3. The quantitative estimate of drug-likeness (QED) is 0.160. The summed E-state index contributed by atoms with van der Waals surface area (Å²) >= 11 is 0. The minimum absolute atomic E-state index is 0.00294. The van der Waals surface area contributed by atoms with E-state index < -0.39 is 66.6 Å². The third-order valence-corrected chi connectivity index (χ3v) is 7.28. The molecule has 3 rings (SSSR count). The van der Waals surface area contributed by atoms with Crippen molar-refractivity contribution in [1.29, 1.82) is 5.26 Å². The van der Waals surface area contributed by atoms with Gasteiger partial charge in [0.2, 0.25) is 11.8 Å². The topological polar surface area (TPSA) is 187 Å². The molecule has 0 aliphatic heterocycles. The molecule has 15 heteroatoms. The molecule has 5 N–H and O–H groups in total. The first-order chi connectivity index (χ1) is 23.1. The van der Waals surface area contributed by atoms with Gasteiger partial charge in [0.05, 0.1) is 24.8 Å². The van der Waals surface area contributed by atoms with Crippen LogP contribution < -0.4 is 25.4 Å². The third-order valence-electron chi connectivity index (χ3n) is 7.28. The molecule has 0 saturated carbocycles. The fourth-order valence-electron chi connectivity index (χ4n) is 4.73. The first-order valence-corrected chi connectivity index (χ1v) is 14.9. The van der Waals surface area contributed by atoms with Crippen molar-refractivity contribution in [1.82, 2.24) is 16.0 Å². The molecule has 49 heavy (non-hydrogen) atoms. The van der Waals surface area contributed by atoms with Gasteiger partial charge in [0.1, 0.15) is 23.6 Å². The number of aliphatic carboxylic acids is 1. The number of methoxy groups -OCH3 is 1. The molecule has 3 amide bonds. The van der Waals surface area contributed by atoms with Crippen LogP contribution in [0.5, 0.6) is 11.5 Å². The number of carbonyl (C=O) groups is 4. The van der Waals surface area contributed by atoms with Gasteiger partial charge in [0.25, 0.3) is 5.91 Å². The number of aliphatic hydroxyl groups excluding tert-OH is 1. The molecule has 0 unspecified atom stereocenters. The second-order valence-electron chi connectivity index (χ2n) is 11.2. The molecule has 0 aliphatic carbocycles.